The minimum Gasteiger partial charge on any atom is -0.493 e. The molecule has 1 N–H and O–H groups in total. The fraction of sp³-hybridized carbons (Fsp3) is 0.375. The van der Waals surface area contributed by atoms with Crippen LogP contribution in [0.3, 0.4) is 0 Å². The minimum absolute atomic E-state index is 0.179. The van der Waals surface area contributed by atoms with E-state index in [-0.39, 0.29) is 6.04 Å². The minimum atomic E-state index is 0.179. The van der Waals surface area contributed by atoms with Gasteiger partial charge in [0.2, 0.25) is 0 Å². The summed E-state index contributed by atoms with van der Waals surface area (Å²) in [6, 6.07) is 6.17. The summed E-state index contributed by atoms with van der Waals surface area (Å²) in [6.45, 7) is 2.94. The summed E-state index contributed by atoms with van der Waals surface area (Å²) in [6.07, 6.45) is 6.08. The highest BCUT2D eigenvalue weighted by Gasteiger charge is 2.07. The molecule has 0 aliphatic carbocycles. The van der Waals surface area contributed by atoms with Gasteiger partial charge >= 0.3 is 0 Å². The molecule has 1 heterocycles. The van der Waals surface area contributed by atoms with Gasteiger partial charge in [0.1, 0.15) is 0 Å². The molecule has 0 bridgehead atoms. The van der Waals surface area contributed by atoms with Crippen LogP contribution in [0.25, 0.3) is 0 Å². The Morgan fingerprint density at radius 2 is 1.95 bits per heavy atom. The molecule has 0 saturated carbocycles. The molecule has 2 rings (SSSR count). The van der Waals surface area contributed by atoms with Gasteiger partial charge in [-0.1, -0.05) is 6.07 Å². The van der Waals surface area contributed by atoms with Gasteiger partial charge in [-0.3, -0.25) is 9.97 Å². The lowest BCUT2D eigenvalue weighted by atomic mass is 10.1. The molecule has 1 aromatic heterocycles. The topological polar surface area (TPSA) is 56.3 Å². The van der Waals surface area contributed by atoms with Crippen LogP contribution in [0, 0.1) is 0 Å². The van der Waals surface area contributed by atoms with E-state index in [0.29, 0.717) is 0 Å². The predicted molar refractivity (Wildman–Crippen MR) is 81.7 cm³/mol. The Balaban J connectivity index is 1.89. The highest BCUT2D eigenvalue weighted by atomic mass is 16.5. The summed E-state index contributed by atoms with van der Waals surface area (Å²) < 4.78 is 10.5. The lowest BCUT2D eigenvalue weighted by molar-refractivity contribution is 0.354. The summed E-state index contributed by atoms with van der Waals surface area (Å²) >= 11 is 0. The Morgan fingerprint density at radius 3 is 2.62 bits per heavy atom. The van der Waals surface area contributed by atoms with Gasteiger partial charge in [0.05, 0.1) is 19.9 Å². The first-order valence-electron chi connectivity index (χ1n) is 6.94. The van der Waals surface area contributed by atoms with Crippen molar-refractivity contribution < 1.29 is 9.47 Å². The van der Waals surface area contributed by atoms with Gasteiger partial charge in [0.15, 0.2) is 11.5 Å². The Kier molecular flexibility index (Phi) is 5.51. The number of hydrogen-bond donors (Lipinski definition) is 1. The fourth-order valence-electron chi connectivity index (χ4n) is 2.11. The van der Waals surface area contributed by atoms with Gasteiger partial charge in [-0.15, -0.1) is 0 Å². The number of ether oxygens (including phenoxy) is 2. The van der Waals surface area contributed by atoms with E-state index in [1.807, 2.05) is 12.1 Å². The molecule has 5 nitrogen and oxygen atoms in total. The molecule has 112 valence electrons. The Labute approximate surface area is 125 Å². The summed E-state index contributed by atoms with van der Waals surface area (Å²) in [4.78, 5) is 8.37. The van der Waals surface area contributed by atoms with E-state index in [1.165, 1.54) is 5.56 Å². The molecule has 1 atom stereocenters. The van der Waals surface area contributed by atoms with E-state index in [1.54, 1.807) is 32.8 Å². The molecular weight excluding hydrogens is 266 g/mol. The largest absolute Gasteiger partial charge is 0.493 e. The van der Waals surface area contributed by atoms with Gasteiger partial charge in [-0.05, 0) is 37.6 Å². The molecule has 0 radical (unpaired) electrons. The van der Waals surface area contributed by atoms with Gasteiger partial charge in [0.25, 0.3) is 0 Å². The second-order valence-electron chi connectivity index (χ2n) is 4.75. The van der Waals surface area contributed by atoms with Crippen molar-refractivity contribution in [2.75, 3.05) is 20.8 Å². The van der Waals surface area contributed by atoms with E-state index in [2.05, 4.69) is 28.3 Å². The van der Waals surface area contributed by atoms with Crippen molar-refractivity contribution in [2.45, 2.75) is 19.4 Å². The molecule has 21 heavy (non-hydrogen) atoms. The number of hydrogen-bond acceptors (Lipinski definition) is 5. The van der Waals surface area contributed by atoms with Crippen LogP contribution < -0.4 is 14.8 Å². The second kappa shape index (κ2) is 7.59. The van der Waals surface area contributed by atoms with Crippen LogP contribution in [0.4, 0.5) is 0 Å². The van der Waals surface area contributed by atoms with Gasteiger partial charge in [-0.25, -0.2) is 0 Å². The smallest absolute Gasteiger partial charge is 0.160 e. The molecular formula is C16H21N3O2. The molecule has 0 aliphatic heterocycles. The van der Waals surface area contributed by atoms with E-state index >= 15 is 0 Å². The molecule has 0 saturated heterocycles. The molecule has 0 fully saturated rings. The molecule has 1 aromatic carbocycles. The van der Waals surface area contributed by atoms with Crippen LogP contribution >= 0.6 is 0 Å². The SMILES string of the molecule is COc1ccc(CCNC(C)c2cnccn2)cc1OC. The Bertz CT molecular complexity index is 561. The van der Waals surface area contributed by atoms with Crippen molar-refractivity contribution >= 4 is 0 Å². The number of nitrogens with zero attached hydrogens (tertiary/aromatic N) is 2. The molecule has 2 aromatic rings. The first-order valence-corrected chi connectivity index (χ1v) is 6.94. The number of methoxy groups -OCH3 is 2. The summed E-state index contributed by atoms with van der Waals surface area (Å²) in [7, 11) is 3.29. The lowest BCUT2D eigenvalue weighted by Gasteiger charge is -2.13. The van der Waals surface area contributed by atoms with Crippen molar-refractivity contribution in [3.05, 3.63) is 48.0 Å². The van der Waals surface area contributed by atoms with Crippen LogP contribution in [0.1, 0.15) is 24.2 Å². The van der Waals surface area contributed by atoms with Gasteiger partial charge < -0.3 is 14.8 Å². The monoisotopic (exact) mass is 287 g/mol. The van der Waals surface area contributed by atoms with Crippen LogP contribution in [0.5, 0.6) is 11.5 Å². The number of rotatable bonds is 7. The second-order valence-corrected chi connectivity index (χ2v) is 4.75. The average molecular weight is 287 g/mol. The molecule has 1 unspecified atom stereocenters. The Hall–Kier alpha value is -2.14. The third kappa shape index (κ3) is 4.16. The standard InChI is InChI=1S/C16H21N3O2/c1-12(14-11-17-8-9-19-14)18-7-6-13-4-5-15(20-2)16(10-13)21-3/h4-5,8-12,18H,6-7H2,1-3H3. The van der Waals surface area contributed by atoms with Crippen molar-refractivity contribution in [2.24, 2.45) is 0 Å². The third-order valence-electron chi connectivity index (χ3n) is 3.34. The van der Waals surface area contributed by atoms with E-state index in [4.69, 9.17) is 9.47 Å². The van der Waals surface area contributed by atoms with Gasteiger partial charge in [-0.2, -0.15) is 0 Å². The molecule has 0 spiro atoms. The first kappa shape index (κ1) is 15.3. The lowest BCUT2D eigenvalue weighted by Crippen LogP contribution is -2.22. The molecule has 0 aliphatic rings. The van der Waals surface area contributed by atoms with Gasteiger partial charge in [0, 0.05) is 24.6 Å². The first-order chi connectivity index (χ1) is 10.2. The maximum absolute atomic E-state index is 5.31. The third-order valence-corrected chi connectivity index (χ3v) is 3.34. The van der Waals surface area contributed by atoms with E-state index < -0.39 is 0 Å². The molecule has 0 amide bonds. The summed E-state index contributed by atoms with van der Waals surface area (Å²) in [5.41, 5.74) is 2.15. The fourth-order valence-corrected chi connectivity index (χ4v) is 2.11. The number of aromatic nitrogens is 2. The predicted octanol–water partition coefficient (Wildman–Crippen LogP) is 2.39. The molecule has 5 heteroatoms. The zero-order valence-corrected chi connectivity index (χ0v) is 12.7. The van der Waals surface area contributed by atoms with Crippen LogP contribution in [0.15, 0.2) is 36.8 Å². The van der Waals surface area contributed by atoms with Crippen LogP contribution in [-0.2, 0) is 6.42 Å². The summed E-state index contributed by atoms with van der Waals surface area (Å²) in [5.74, 6) is 1.51. The number of nitrogens with one attached hydrogen (secondary N) is 1. The van der Waals surface area contributed by atoms with Crippen molar-refractivity contribution in [1.82, 2.24) is 15.3 Å². The summed E-state index contributed by atoms with van der Waals surface area (Å²) in [5, 5.41) is 3.44. The number of benzene rings is 1. The zero-order valence-electron chi connectivity index (χ0n) is 12.7. The van der Waals surface area contributed by atoms with Crippen molar-refractivity contribution in [3.63, 3.8) is 0 Å². The maximum Gasteiger partial charge on any atom is 0.160 e. The quantitative estimate of drug-likeness (QED) is 0.847. The highest BCUT2D eigenvalue weighted by molar-refractivity contribution is 5.42. The normalized spacial score (nSPS) is 12.0. The average Bonchev–Trinajstić information content (AvgIpc) is 2.55. The Morgan fingerprint density at radius 1 is 1.14 bits per heavy atom. The maximum atomic E-state index is 5.31. The zero-order chi connectivity index (χ0) is 15.1. The van der Waals surface area contributed by atoms with E-state index in [0.717, 1.165) is 30.2 Å². The highest BCUT2D eigenvalue weighted by Crippen LogP contribution is 2.27. The van der Waals surface area contributed by atoms with Crippen molar-refractivity contribution in [3.8, 4) is 11.5 Å². The van der Waals surface area contributed by atoms with Crippen LogP contribution in [0.2, 0.25) is 0 Å². The van der Waals surface area contributed by atoms with E-state index in [9.17, 15) is 0 Å². The van der Waals surface area contributed by atoms with Crippen LogP contribution in [-0.4, -0.2) is 30.7 Å². The van der Waals surface area contributed by atoms with Crippen molar-refractivity contribution in [1.29, 1.82) is 0 Å².